The first-order valence-electron chi connectivity index (χ1n) is 6.76. The van der Waals surface area contributed by atoms with E-state index in [0.29, 0.717) is 10.9 Å². The first-order valence-corrected chi connectivity index (χ1v) is 7.57. The summed E-state index contributed by atoms with van der Waals surface area (Å²) in [6, 6.07) is 4.23. The minimum Gasteiger partial charge on any atom is -0.477 e. The molecule has 0 aromatic carbocycles. The summed E-state index contributed by atoms with van der Waals surface area (Å²) in [5, 5.41) is 12.5. The van der Waals surface area contributed by atoms with Crippen molar-refractivity contribution in [2.75, 3.05) is 0 Å². The Labute approximate surface area is 112 Å². The third-order valence-electron chi connectivity index (χ3n) is 3.84. The second kappa shape index (κ2) is 6.34. The Morgan fingerprint density at radius 2 is 2.22 bits per heavy atom. The summed E-state index contributed by atoms with van der Waals surface area (Å²) in [6.45, 7) is 3.07. The molecule has 1 heterocycles. The van der Waals surface area contributed by atoms with Gasteiger partial charge in [-0.3, -0.25) is 0 Å². The van der Waals surface area contributed by atoms with E-state index in [0.717, 1.165) is 17.3 Å². The van der Waals surface area contributed by atoms with Crippen molar-refractivity contribution < 1.29 is 9.90 Å². The van der Waals surface area contributed by atoms with Gasteiger partial charge in [0.15, 0.2) is 0 Å². The molecule has 1 aromatic rings. The van der Waals surface area contributed by atoms with E-state index < -0.39 is 5.97 Å². The van der Waals surface area contributed by atoms with Gasteiger partial charge in [0.05, 0.1) is 0 Å². The van der Waals surface area contributed by atoms with Crippen molar-refractivity contribution >= 4 is 17.3 Å². The third-order valence-corrected chi connectivity index (χ3v) is 4.92. The van der Waals surface area contributed by atoms with Gasteiger partial charge in [-0.25, -0.2) is 4.79 Å². The number of carbonyl (C=O) groups is 1. The predicted molar refractivity (Wildman–Crippen MR) is 74.2 cm³/mol. The standard InChI is InChI=1S/C14H21NO2S/c1-2-10-5-3-4-6-12(10)15-9-11-7-8-13(18-11)14(16)17/h7-8,10,12,15H,2-6,9H2,1H3,(H,16,17). The molecule has 4 heteroatoms. The molecule has 100 valence electrons. The molecule has 1 aromatic heterocycles. The van der Waals surface area contributed by atoms with Gasteiger partial charge in [-0.05, 0) is 30.9 Å². The minimum atomic E-state index is -0.824. The Bertz CT molecular complexity index is 402. The Morgan fingerprint density at radius 1 is 1.44 bits per heavy atom. The number of aromatic carboxylic acids is 1. The van der Waals surface area contributed by atoms with Crippen molar-refractivity contribution in [3.8, 4) is 0 Å². The first-order chi connectivity index (χ1) is 8.70. The molecule has 2 atom stereocenters. The SMILES string of the molecule is CCC1CCCCC1NCc1ccc(C(=O)O)s1. The van der Waals surface area contributed by atoms with Crippen molar-refractivity contribution in [2.24, 2.45) is 5.92 Å². The number of rotatable bonds is 5. The molecule has 0 spiro atoms. The third kappa shape index (κ3) is 3.33. The monoisotopic (exact) mass is 267 g/mol. The number of carboxylic acid groups (broad SMARTS) is 1. The maximum absolute atomic E-state index is 10.8. The lowest BCUT2D eigenvalue weighted by Gasteiger charge is -2.31. The van der Waals surface area contributed by atoms with Crippen LogP contribution in [-0.2, 0) is 6.54 Å². The van der Waals surface area contributed by atoms with Crippen molar-refractivity contribution in [1.82, 2.24) is 5.32 Å². The highest BCUT2D eigenvalue weighted by Gasteiger charge is 2.23. The van der Waals surface area contributed by atoms with Crippen molar-refractivity contribution in [3.05, 3.63) is 21.9 Å². The van der Waals surface area contributed by atoms with Gasteiger partial charge < -0.3 is 10.4 Å². The Kier molecular flexibility index (Phi) is 4.78. The molecule has 2 unspecified atom stereocenters. The summed E-state index contributed by atoms with van der Waals surface area (Å²) in [4.78, 5) is 12.4. The van der Waals surface area contributed by atoms with Crippen LogP contribution in [0.15, 0.2) is 12.1 Å². The van der Waals surface area contributed by atoms with Crippen LogP contribution in [0.1, 0.15) is 53.6 Å². The lowest BCUT2D eigenvalue weighted by molar-refractivity contribution is 0.0702. The molecule has 18 heavy (non-hydrogen) atoms. The fourth-order valence-electron chi connectivity index (χ4n) is 2.78. The number of nitrogens with one attached hydrogen (secondary N) is 1. The summed E-state index contributed by atoms with van der Waals surface area (Å²) in [7, 11) is 0. The maximum Gasteiger partial charge on any atom is 0.345 e. The lowest BCUT2D eigenvalue weighted by atomic mass is 9.83. The zero-order valence-electron chi connectivity index (χ0n) is 10.8. The fraction of sp³-hybridized carbons (Fsp3) is 0.643. The smallest absolute Gasteiger partial charge is 0.345 e. The molecule has 1 saturated carbocycles. The summed E-state index contributed by atoms with van der Waals surface area (Å²) in [6.07, 6.45) is 6.51. The van der Waals surface area contributed by atoms with E-state index in [9.17, 15) is 4.79 Å². The predicted octanol–water partition coefficient (Wildman–Crippen LogP) is 3.50. The first kappa shape index (κ1) is 13.6. The van der Waals surface area contributed by atoms with Crippen LogP contribution < -0.4 is 5.32 Å². The second-order valence-electron chi connectivity index (χ2n) is 5.01. The molecule has 0 radical (unpaired) electrons. The summed E-state index contributed by atoms with van der Waals surface area (Å²) in [5.41, 5.74) is 0. The lowest BCUT2D eigenvalue weighted by Crippen LogP contribution is -2.37. The topological polar surface area (TPSA) is 49.3 Å². The molecule has 0 bridgehead atoms. The van der Waals surface area contributed by atoms with E-state index in [4.69, 9.17) is 5.11 Å². The Hall–Kier alpha value is -0.870. The van der Waals surface area contributed by atoms with E-state index in [1.807, 2.05) is 6.07 Å². The van der Waals surface area contributed by atoms with Gasteiger partial charge in [-0.2, -0.15) is 0 Å². The highest BCUT2D eigenvalue weighted by molar-refractivity contribution is 7.13. The second-order valence-corrected chi connectivity index (χ2v) is 6.18. The van der Waals surface area contributed by atoms with Crippen LogP contribution in [0.4, 0.5) is 0 Å². The maximum atomic E-state index is 10.8. The number of hydrogen-bond acceptors (Lipinski definition) is 3. The van der Waals surface area contributed by atoms with Gasteiger partial charge >= 0.3 is 5.97 Å². The summed E-state index contributed by atoms with van der Waals surface area (Å²) in [5.74, 6) is -0.0343. The Balaban J connectivity index is 1.87. The molecular formula is C14H21NO2S. The molecule has 1 aliphatic rings. The van der Waals surface area contributed by atoms with E-state index in [2.05, 4.69) is 12.2 Å². The van der Waals surface area contributed by atoms with Crippen LogP contribution in [-0.4, -0.2) is 17.1 Å². The average molecular weight is 267 g/mol. The molecule has 1 aliphatic carbocycles. The molecule has 2 rings (SSSR count). The molecular weight excluding hydrogens is 246 g/mol. The van der Waals surface area contributed by atoms with Crippen molar-refractivity contribution in [3.63, 3.8) is 0 Å². The van der Waals surface area contributed by atoms with Gasteiger partial charge in [0, 0.05) is 17.5 Å². The normalized spacial score (nSPS) is 24.1. The minimum absolute atomic E-state index is 0.433. The highest BCUT2D eigenvalue weighted by Crippen LogP contribution is 2.27. The zero-order chi connectivity index (χ0) is 13.0. The molecule has 0 amide bonds. The quantitative estimate of drug-likeness (QED) is 0.858. The van der Waals surface area contributed by atoms with Crippen LogP contribution >= 0.6 is 11.3 Å². The zero-order valence-corrected chi connectivity index (χ0v) is 11.6. The number of thiophene rings is 1. The van der Waals surface area contributed by atoms with Crippen LogP contribution in [0, 0.1) is 5.92 Å². The van der Waals surface area contributed by atoms with Crippen LogP contribution in [0.5, 0.6) is 0 Å². The largest absolute Gasteiger partial charge is 0.477 e. The fourth-order valence-corrected chi connectivity index (χ4v) is 3.58. The molecule has 1 fully saturated rings. The van der Waals surface area contributed by atoms with E-state index in [-0.39, 0.29) is 0 Å². The van der Waals surface area contributed by atoms with E-state index >= 15 is 0 Å². The molecule has 3 nitrogen and oxygen atoms in total. The van der Waals surface area contributed by atoms with Gasteiger partial charge in [0.2, 0.25) is 0 Å². The molecule has 2 N–H and O–H groups in total. The number of carboxylic acids is 1. The van der Waals surface area contributed by atoms with Gasteiger partial charge in [0.25, 0.3) is 0 Å². The summed E-state index contributed by atoms with van der Waals surface area (Å²) >= 11 is 1.38. The number of hydrogen-bond donors (Lipinski definition) is 2. The van der Waals surface area contributed by atoms with Crippen LogP contribution in [0.3, 0.4) is 0 Å². The van der Waals surface area contributed by atoms with Crippen LogP contribution in [0.2, 0.25) is 0 Å². The van der Waals surface area contributed by atoms with Crippen molar-refractivity contribution in [1.29, 1.82) is 0 Å². The van der Waals surface area contributed by atoms with E-state index in [1.165, 1.54) is 43.4 Å². The van der Waals surface area contributed by atoms with Crippen LogP contribution in [0.25, 0.3) is 0 Å². The average Bonchev–Trinajstić information content (AvgIpc) is 2.85. The van der Waals surface area contributed by atoms with E-state index in [1.54, 1.807) is 6.07 Å². The Morgan fingerprint density at radius 3 is 2.89 bits per heavy atom. The van der Waals surface area contributed by atoms with Crippen molar-refractivity contribution in [2.45, 2.75) is 51.6 Å². The van der Waals surface area contributed by atoms with Gasteiger partial charge in [0.1, 0.15) is 4.88 Å². The molecule has 0 saturated heterocycles. The summed E-state index contributed by atoms with van der Waals surface area (Å²) < 4.78 is 0. The molecule has 0 aliphatic heterocycles. The highest BCUT2D eigenvalue weighted by atomic mass is 32.1. The van der Waals surface area contributed by atoms with Gasteiger partial charge in [-0.1, -0.05) is 26.2 Å². The van der Waals surface area contributed by atoms with Gasteiger partial charge in [-0.15, -0.1) is 11.3 Å².